The van der Waals surface area contributed by atoms with Crippen molar-refractivity contribution in [3.63, 3.8) is 0 Å². The summed E-state index contributed by atoms with van der Waals surface area (Å²) in [6, 6.07) is 18.2. The lowest BCUT2D eigenvalue weighted by molar-refractivity contribution is 0.124. The Hall–Kier alpha value is -1.61. The molecule has 25 heavy (non-hydrogen) atoms. The average molecular weight is 355 g/mol. The third-order valence-electron chi connectivity index (χ3n) is 6.54. The highest BCUT2D eigenvalue weighted by molar-refractivity contribution is 7.91. The van der Waals surface area contributed by atoms with Crippen molar-refractivity contribution in [1.29, 1.82) is 0 Å². The maximum atomic E-state index is 13.3. The molecular formula is C22H26O2S. The molecule has 0 aromatic heterocycles. The molecule has 0 radical (unpaired) electrons. The molecule has 0 bridgehead atoms. The molecule has 0 unspecified atom stereocenters. The lowest BCUT2D eigenvalue weighted by Crippen LogP contribution is -2.39. The molecule has 1 aliphatic carbocycles. The van der Waals surface area contributed by atoms with E-state index >= 15 is 0 Å². The van der Waals surface area contributed by atoms with E-state index in [9.17, 15) is 8.42 Å². The molecule has 1 heterocycles. The first-order valence-electron chi connectivity index (χ1n) is 9.40. The van der Waals surface area contributed by atoms with Gasteiger partial charge in [0.25, 0.3) is 0 Å². The van der Waals surface area contributed by atoms with Gasteiger partial charge in [-0.3, -0.25) is 0 Å². The normalized spacial score (nSPS) is 27.4. The molecule has 3 heteroatoms. The summed E-state index contributed by atoms with van der Waals surface area (Å²) in [5.41, 5.74) is 2.13. The molecule has 2 atom stereocenters. The zero-order valence-corrected chi connectivity index (χ0v) is 15.6. The first-order valence-corrected chi connectivity index (χ1v) is 11.1. The van der Waals surface area contributed by atoms with Crippen molar-refractivity contribution in [1.82, 2.24) is 0 Å². The molecule has 2 aliphatic rings. The summed E-state index contributed by atoms with van der Waals surface area (Å²) in [4.78, 5) is 0.554. The second kappa shape index (κ2) is 6.28. The highest BCUT2D eigenvalue weighted by Gasteiger charge is 2.48. The third kappa shape index (κ3) is 2.83. The number of hydrogen-bond acceptors (Lipinski definition) is 2. The van der Waals surface area contributed by atoms with E-state index in [1.807, 2.05) is 30.3 Å². The molecule has 1 saturated carbocycles. The van der Waals surface area contributed by atoms with Crippen LogP contribution < -0.4 is 0 Å². The van der Waals surface area contributed by atoms with Crippen LogP contribution in [0.1, 0.15) is 56.1 Å². The van der Waals surface area contributed by atoms with E-state index < -0.39 is 9.84 Å². The molecule has 0 N–H and O–H groups in total. The van der Waals surface area contributed by atoms with Crippen molar-refractivity contribution in [3.05, 3.63) is 65.7 Å². The summed E-state index contributed by atoms with van der Waals surface area (Å²) in [7, 11) is -3.26. The number of benzene rings is 2. The minimum absolute atomic E-state index is 0.101. The van der Waals surface area contributed by atoms with Gasteiger partial charge in [0.05, 0.1) is 10.6 Å². The predicted molar refractivity (Wildman–Crippen MR) is 101 cm³/mol. The van der Waals surface area contributed by atoms with Gasteiger partial charge in [-0.25, -0.2) is 8.42 Å². The monoisotopic (exact) mass is 354 g/mol. The highest BCUT2D eigenvalue weighted by atomic mass is 32.2. The molecular weight excluding hydrogens is 328 g/mol. The zero-order chi connectivity index (χ0) is 17.5. The predicted octanol–water partition coefficient (Wildman–Crippen LogP) is 5.19. The summed E-state index contributed by atoms with van der Waals surface area (Å²) in [5.74, 6) is 0.767. The van der Waals surface area contributed by atoms with E-state index in [1.54, 1.807) is 0 Å². The standard InChI is InChI=1S/C22H26O2S/c1-17-21(18-10-4-2-5-11-18)19-12-6-7-13-20(19)25(23,24)16-22(17)14-8-3-9-15-22/h2,4-7,10-13,17,21H,3,8-9,14-16H2,1H3/t17-,21+/m1/s1. The summed E-state index contributed by atoms with van der Waals surface area (Å²) >= 11 is 0. The Bertz CT molecular complexity index is 849. The zero-order valence-electron chi connectivity index (χ0n) is 14.8. The lowest BCUT2D eigenvalue weighted by Gasteiger charge is -2.44. The van der Waals surface area contributed by atoms with Gasteiger partial charge in [0.1, 0.15) is 0 Å². The Labute approximate surface area is 151 Å². The summed E-state index contributed by atoms with van der Waals surface area (Å²) in [5, 5.41) is 0. The molecule has 0 saturated heterocycles. The molecule has 0 amide bonds. The van der Waals surface area contributed by atoms with Crippen molar-refractivity contribution >= 4 is 9.84 Å². The second-order valence-corrected chi connectivity index (χ2v) is 9.85. The van der Waals surface area contributed by atoms with Crippen molar-refractivity contribution < 1.29 is 8.42 Å². The second-order valence-electron chi connectivity index (χ2n) is 7.90. The van der Waals surface area contributed by atoms with Crippen molar-refractivity contribution in [2.45, 2.75) is 49.8 Å². The van der Waals surface area contributed by atoms with Crippen LogP contribution >= 0.6 is 0 Å². The first-order chi connectivity index (χ1) is 12.0. The first kappa shape index (κ1) is 16.8. The summed E-state index contributed by atoms with van der Waals surface area (Å²) < 4.78 is 26.6. The maximum Gasteiger partial charge on any atom is 0.179 e. The molecule has 2 aromatic carbocycles. The fraction of sp³-hybridized carbons (Fsp3) is 0.455. The SMILES string of the molecule is C[C@@H]1[C@@H](c2ccccc2)c2ccccc2S(=O)(=O)CC12CCCCC2. The minimum Gasteiger partial charge on any atom is -0.224 e. The number of sulfone groups is 1. The van der Waals surface area contributed by atoms with Gasteiger partial charge in [-0.15, -0.1) is 0 Å². The fourth-order valence-corrected chi connectivity index (χ4v) is 7.52. The van der Waals surface area contributed by atoms with E-state index in [0.717, 1.165) is 31.2 Å². The number of hydrogen-bond donors (Lipinski definition) is 0. The van der Waals surface area contributed by atoms with Gasteiger partial charge in [0.15, 0.2) is 9.84 Å². The third-order valence-corrected chi connectivity index (χ3v) is 8.54. The van der Waals surface area contributed by atoms with E-state index in [-0.39, 0.29) is 11.3 Å². The topological polar surface area (TPSA) is 34.1 Å². The number of fused-ring (bicyclic) bond motifs is 1. The van der Waals surface area contributed by atoms with Gasteiger partial charge in [0, 0.05) is 5.92 Å². The largest absolute Gasteiger partial charge is 0.224 e. The van der Waals surface area contributed by atoms with Crippen molar-refractivity contribution in [2.24, 2.45) is 11.3 Å². The van der Waals surface area contributed by atoms with Crippen molar-refractivity contribution in [2.75, 3.05) is 5.75 Å². The van der Waals surface area contributed by atoms with Crippen molar-refractivity contribution in [3.8, 4) is 0 Å². The minimum atomic E-state index is -3.26. The molecule has 1 aliphatic heterocycles. The van der Waals surface area contributed by atoms with Gasteiger partial charge >= 0.3 is 0 Å². The van der Waals surface area contributed by atoms with E-state index in [0.29, 0.717) is 16.6 Å². The van der Waals surface area contributed by atoms with Gasteiger partial charge in [0.2, 0.25) is 0 Å². The molecule has 132 valence electrons. The van der Waals surface area contributed by atoms with E-state index in [2.05, 4.69) is 31.2 Å². The molecule has 2 aromatic rings. The molecule has 1 fully saturated rings. The average Bonchev–Trinajstić information content (AvgIpc) is 2.69. The summed E-state index contributed by atoms with van der Waals surface area (Å²) in [6.07, 6.45) is 5.60. The van der Waals surface area contributed by atoms with Gasteiger partial charge in [-0.1, -0.05) is 74.7 Å². The van der Waals surface area contributed by atoms with Gasteiger partial charge in [-0.2, -0.15) is 0 Å². The Kier molecular flexibility index (Phi) is 4.23. The van der Waals surface area contributed by atoms with Crippen LogP contribution in [-0.4, -0.2) is 14.2 Å². The van der Waals surface area contributed by atoms with Crippen LogP contribution in [0.15, 0.2) is 59.5 Å². The smallest absolute Gasteiger partial charge is 0.179 e. The van der Waals surface area contributed by atoms with Crippen LogP contribution in [0, 0.1) is 11.3 Å². The van der Waals surface area contributed by atoms with Crippen LogP contribution in [0.5, 0.6) is 0 Å². The van der Waals surface area contributed by atoms with Gasteiger partial charge in [-0.05, 0) is 41.4 Å². The maximum absolute atomic E-state index is 13.3. The van der Waals surface area contributed by atoms with Crippen LogP contribution in [0.2, 0.25) is 0 Å². The Balaban J connectivity index is 1.96. The number of rotatable bonds is 1. The van der Waals surface area contributed by atoms with E-state index in [4.69, 9.17) is 0 Å². The Morgan fingerprint density at radius 3 is 2.24 bits per heavy atom. The van der Waals surface area contributed by atoms with Crippen LogP contribution in [0.4, 0.5) is 0 Å². The lowest BCUT2D eigenvalue weighted by atomic mass is 9.61. The van der Waals surface area contributed by atoms with E-state index in [1.165, 1.54) is 12.0 Å². The van der Waals surface area contributed by atoms with Crippen LogP contribution in [-0.2, 0) is 9.84 Å². The van der Waals surface area contributed by atoms with Gasteiger partial charge < -0.3 is 0 Å². The Morgan fingerprint density at radius 2 is 1.52 bits per heavy atom. The molecule has 4 rings (SSSR count). The fourth-order valence-electron chi connectivity index (χ4n) is 5.22. The van der Waals surface area contributed by atoms with Crippen LogP contribution in [0.3, 0.4) is 0 Å². The Morgan fingerprint density at radius 1 is 0.880 bits per heavy atom. The summed E-state index contributed by atoms with van der Waals surface area (Å²) in [6.45, 7) is 2.29. The van der Waals surface area contributed by atoms with Crippen LogP contribution in [0.25, 0.3) is 0 Å². The molecule has 1 spiro atoms. The quantitative estimate of drug-likeness (QED) is 0.706. The highest BCUT2D eigenvalue weighted by Crippen LogP contribution is 2.54. The molecule has 2 nitrogen and oxygen atoms in total.